The number of hydrogen-bond donors (Lipinski definition) is 1. The van der Waals surface area contributed by atoms with E-state index >= 15 is 0 Å². The Morgan fingerprint density at radius 3 is 2.40 bits per heavy atom. The van der Waals surface area contributed by atoms with E-state index in [1.807, 2.05) is 13.8 Å². The molecular weight excluding hydrogens is 284 g/mol. The maximum absolute atomic E-state index is 12.2. The molecule has 0 aliphatic carbocycles. The molecular formula is C11H16N4O4S. The summed E-state index contributed by atoms with van der Waals surface area (Å²) in [6.45, 7) is 6.87. The lowest BCUT2D eigenvalue weighted by Gasteiger charge is -2.03. The zero-order chi connectivity index (χ0) is 14.9. The number of nitrogens with one attached hydrogen (secondary N) is 1. The van der Waals surface area contributed by atoms with Crippen LogP contribution in [0.15, 0.2) is 13.9 Å². The zero-order valence-electron chi connectivity index (χ0n) is 11.7. The second-order valence-electron chi connectivity index (χ2n) is 4.68. The molecule has 9 heteroatoms. The Labute approximate surface area is 116 Å². The summed E-state index contributed by atoms with van der Waals surface area (Å²) < 4.78 is 36.6. The molecule has 0 aliphatic heterocycles. The Morgan fingerprint density at radius 1 is 1.20 bits per heavy atom. The number of sulfonamides is 1. The molecule has 2 aromatic heterocycles. The Hall–Kier alpha value is -1.74. The fraction of sp³-hybridized carbons (Fsp3) is 0.545. The normalized spacial score (nSPS) is 12.2. The smallest absolute Gasteiger partial charge is 0.246 e. The fourth-order valence-corrected chi connectivity index (χ4v) is 2.97. The third-order valence-corrected chi connectivity index (χ3v) is 4.28. The molecule has 1 N–H and O–H groups in total. The quantitative estimate of drug-likeness (QED) is 0.885. The highest BCUT2D eigenvalue weighted by atomic mass is 32.2. The Bertz CT molecular complexity index is 682. The van der Waals surface area contributed by atoms with Crippen LogP contribution in [-0.2, 0) is 16.6 Å². The van der Waals surface area contributed by atoms with Crippen molar-refractivity contribution < 1.29 is 17.5 Å². The third-order valence-electron chi connectivity index (χ3n) is 2.63. The van der Waals surface area contributed by atoms with E-state index in [2.05, 4.69) is 20.0 Å². The minimum Gasteiger partial charge on any atom is -0.360 e. The molecule has 2 aromatic rings. The average Bonchev–Trinajstić information content (AvgIpc) is 2.94. The number of aryl methyl sites for hydroxylation is 2. The molecule has 20 heavy (non-hydrogen) atoms. The van der Waals surface area contributed by atoms with Crippen molar-refractivity contribution in [3.05, 3.63) is 23.2 Å². The first-order chi connectivity index (χ1) is 9.31. The van der Waals surface area contributed by atoms with Crippen molar-refractivity contribution in [1.82, 2.24) is 20.0 Å². The van der Waals surface area contributed by atoms with Gasteiger partial charge < -0.3 is 9.05 Å². The molecule has 0 amide bonds. The van der Waals surface area contributed by atoms with Crippen molar-refractivity contribution in [2.45, 2.75) is 45.1 Å². The van der Waals surface area contributed by atoms with Crippen LogP contribution >= 0.6 is 0 Å². The second-order valence-corrected chi connectivity index (χ2v) is 6.39. The molecule has 0 aliphatic rings. The Kier molecular flexibility index (Phi) is 3.91. The average molecular weight is 300 g/mol. The topological polar surface area (TPSA) is 111 Å². The van der Waals surface area contributed by atoms with Gasteiger partial charge in [0.1, 0.15) is 10.6 Å². The number of aromatic nitrogens is 3. The summed E-state index contributed by atoms with van der Waals surface area (Å²) in [5.41, 5.74) is 0.311. The molecule has 110 valence electrons. The Balaban J connectivity index is 2.13. The van der Waals surface area contributed by atoms with E-state index in [1.165, 1.54) is 0 Å². The van der Waals surface area contributed by atoms with Crippen molar-refractivity contribution in [3.63, 3.8) is 0 Å². The molecule has 0 unspecified atom stereocenters. The van der Waals surface area contributed by atoms with Gasteiger partial charge in [-0.15, -0.1) is 0 Å². The van der Waals surface area contributed by atoms with Crippen molar-refractivity contribution >= 4 is 10.0 Å². The van der Waals surface area contributed by atoms with E-state index in [0.717, 1.165) is 0 Å². The minimum atomic E-state index is -3.72. The molecule has 2 rings (SSSR count). The molecule has 0 spiro atoms. The summed E-state index contributed by atoms with van der Waals surface area (Å²) in [7, 11) is -3.72. The molecule has 0 saturated heterocycles. The lowest BCUT2D eigenvalue weighted by Crippen LogP contribution is -2.24. The van der Waals surface area contributed by atoms with Crippen molar-refractivity contribution in [3.8, 4) is 0 Å². The van der Waals surface area contributed by atoms with E-state index in [4.69, 9.17) is 9.05 Å². The number of hydrogen-bond acceptors (Lipinski definition) is 7. The van der Waals surface area contributed by atoms with Crippen LogP contribution in [0.3, 0.4) is 0 Å². The monoisotopic (exact) mass is 300 g/mol. The number of rotatable bonds is 5. The zero-order valence-corrected chi connectivity index (χ0v) is 12.5. The van der Waals surface area contributed by atoms with Gasteiger partial charge in [0.2, 0.25) is 15.9 Å². The predicted octanol–water partition coefficient (Wildman–Crippen LogP) is 1.28. The maximum Gasteiger partial charge on any atom is 0.246 e. The van der Waals surface area contributed by atoms with Gasteiger partial charge in [0, 0.05) is 5.92 Å². The summed E-state index contributed by atoms with van der Waals surface area (Å²) in [5, 5.41) is 7.34. The van der Waals surface area contributed by atoms with Gasteiger partial charge in [0.25, 0.3) is 0 Å². The SMILES string of the molecule is Cc1noc(C)c1S(=O)(=O)NCc1noc(C(C)C)n1. The first kappa shape index (κ1) is 14.7. The summed E-state index contributed by atoms with van der Waals surface area (Å²) in [6, 6.07) is 0. The highest BCUT2D eigenvalue weighted by Crippen LogP contribution is 2.18. The van der Waals surface area contributed by atoms with Crippen LogP contribution in [0.5, 0.6) is 0 Å². The van der Waals surface area contributed by atoms with Gasteiger partial charge in [-0.2, -0.15) is 4.98 Å². The summed E-state index contributed by atoms with van der Waals surface area (Å²) in [6.07, 6.45) is 0. The largest absolute Gasteiger partial charge is 0.360 e. The third kappa shape index (κ3) is 2.88. The lowest BCUT2D eigenvalue weighted by molar-refractivity contribution is 0.360. The molecule has 0 radical (unpaired) electrons. The van der Waals surface area contributed by atoms with Crippen molar-refractivity contribution in [1.29, 1.82) is 0 Å². The van der Waals surface area contributed by atoms with Crippen LogP contribution in [0.2, 0.25) is 0 Å². The fourth-order valence-electron chi connectivity index (χ4n) is 1.66. The van der Waals surface area contributed by atoms with Gasteiger partial charge in [0.05, 0.1) is 6.54 Å². The number of nitrogens with zero attached hydrogens (tertiary/aromatic N) is 3. The molecule has 2 heterocycles. The highest BCUT2D eigenvalue weighted by molar-refractivity contribution is 7.89. The summed E-state index contributed by atoms with van der Waals surface area (Å²) in [4.78, 5) is 4.14. The lowest BCUT2D eigenvalue weighted by atomic mass is 10.2. The standard InChI is InChI=1S/C11H16N4O4S/c1-6(2)11-13-9(15-19-11)5-12-20(16,17)10-7(3)14-18-8(10)4/h6,12H,5H2,1-4H3. The molecule has 8 nitrogen and oxygen atoms in total. The van der Waals surface area contributed by atoms with Gasteiger partial charge in [-0.3, -0.25) is 0 Å². The van der Waals surface area contributed by atoms with Gasteiger partial charge in [-0.1, -0.05) is 24.2 Å². The second kappa shape index (κ2) is 5.33. The first-order valence-electron chi connectivity index (χ1n) is 6.06. The van der Waals surface area contributed by atoms with Crippen LogP contribution in [0, 0.1) is 13.8 Å². The van der Waals surface area contributed by atoms with E-state index in [0.29, 0.717) is 11.6 Å². The molecule has 0 saturated carbocycles. The Morgan fingerprint density at radius 2 is 1.90 bits per heavy atom. The van der Waals surface area contributed by atoms with Crippen LogP contribution in [0.4, 0.5) is 0 Å². The van der Waals surface area contributed by atoms with Crippen molar-refractivity contribution in [2.75, 3.05) is 0 Å². The van der Waals surface area contributed by atoms with Gasteiger partial charge in [-0.05, 0) is 13.8 Å². The molecule has 0 bridgehead atoms. The minimum absolute atomic E-state index is 0.0464. The van der Waals surface area contributed by atoms with E-state index in [9.17, 15) is 8.42 Å². The molecule has 0 aromatic carbocycles. The van der Waals surface area contributed by atoms with Crippen LogP contribution in [0.1, 0.15) is 42.9 Å². The first-order valence-corrected chi connectivity index (χ1v) is 7.54. The van der Waals surface area contributed by atoms with Gasteiger partial charge >= 0.3 is 0 Å². The van der Waals surface area contributed by atoms with E-state index < -0.39 is 10.0 Å². The summed E-state index contributed by atoms with van der Waals surface area (Å²) >= 11 is 0. The van der Waals surface area contributed by atoms with Crippen LogP contribution in [-0.4, -0.2) is 23.7 Å². The van der Waals surface area contributed by atoms with Gasteiger partial charge in [0.15, 0.2) is 11.6 Å². The van der Waals surface area contributed by atoms with Crippen LogP contribution in [0.25, 0.3) is 0 Å². The predicted molar refractivity (Wildman–Crippen MR) is 68.4 cm³/mol. The van der Waals surface area contributed by atoms with E-state index in [1.54, 1.807) is 13.8 Å². The molecule has 0 fully saturated rings. The van der Waals surface area contributed by atoms with Crippen molar-refractivity contribution in [2.24, 2.45) is 0 Å². The maximum atomic E-state index is 12.2. The summed E-state index contributed by atoms with van der Waals surface area (Å²) in [5.74, 6) is 1.09. The van der Waals surface area contributed by atoms with Gasteiger partial charge in [-0.25, -0.2) is 13.1 Å². The molecule has 0 atom stereocenters. The highest BCUT2D eigenvalue weighted by Gasteiger charge is 2.24. The van der Waals surface area contributed by atoms with Crippen LogP contribution < -0.4 is 4.72 Å². The van der Waals surface area contributed by atoms with E-state index in [-0.39, 0.29) is 28.9 Å².